The standard InChI is InChI=1S/C23H28ClN3O7/c1-10-14(19(23(33)34)27-18(10)16(11(2)28)22(27)32)9-26-7-3-4-12(26)8-25-21(31)13-5-6-15(29)20(30)17(13)24/h5-6,10-12,16,18,28-30H,3-4,7-9H2,1-2H3,(H,25,31)(H,33,34)/t10?,11?,12?,16?,18-/m1/s1. The van der Waals surface area contributed by atoms with Crippen LogP contribution in [0.2, 0.25) is 5.02 Å². The minimum absolute atomic E-state index is 0.000404. The van der Waals surface area contributed by atoms with Crippen LogP contribution in [0.15, 0.2) is 23.4 Å². The van der Waals surface area contributed by atoms with E-state index >= 15 is 0 Å². The first-order chi connectivity index (χ1) is 16.0. The van der Waals surface area contributed by atoms with E-state index < -0.39 is 35.4 Å². The molecule has 5 atom stereocenters. The number of carbonyl (C=O) groups excluding carboxylic acids is 2. The van der Waals surface area contributed by atoms with Gasteiger partial charge in [-0.1, -0.05) is 18.5 Å². The minimum atomic E-state index is -1.16. The predicted octanol–water partition coefficient (Wildman–Crippen LogP) is 1.14. The van der Waals surface area contributed by atoms with Crippen LogP contribution in [0.3, 0.4) is 0 Å². The number of nitrogens with zero attached hydrogens (tertiary/aromatic N) is 2. The smallest absolute Gasteiger partial charge is 0.352 e. The van der Waals surface area contributed by atoms with Crippen molar-refractivity contribution >= 4 is 29.4 Å². The van der Waals surface area contributed by atoms with Gasteiger partial charge in [0, 0.05) is 25.0 Å². The Kier molecular flexibility index (Phi) is 6.50. The number of phenolic OH excluding ortho intramolecular Hbond substituents is 2. The van der Waals surface area contributed by atoms with E-state index in [1.165, 1.54) is 17.0 Å². The number of aliphatic hydroxyl groups is 1. The molecule has 10 nitrogen and oxygen atoms in total. The van der Waals surface area contributed by atoms with Crippen LogP contribution < -0.4 is 5.32 Å². The number of carboxylic acid groups (broad SMARTS) is 1. The summed E-state index contributed by atoms with van der Waals surface area (Å²) in [6, 6.07) is 2.09. The van der Waals surface area contributed by atoms with Crippen molar-refractivity contribution in [3.63, 3.8) is 0 Å². The van der Waals surface area contributed by atoms with Gasteiger partial charge in [-0.3, -0.25) is 14.5 Å². The van der Waals surface area contributed by atoms with Crippen LogP contribution in [0, 0.1) is 11.8 Å². The number of hydrogen-bond acceptors (Lipinski definition) is 7. The molecule has 5 N–H and O–H groups in total. The molecule has 3 heterocycles. The van der Waals surface area contributed by atoms with Crippen molar-refractivity contribution in [1.29, 1.82) is 0 Å². The fraction of sp³-hybridized carbons (Fsp3) is 0.522. The summed E-state index contributed by atoms with van der Waals surface area (Å²) >= 11 is 5.98. The number of likely N-dealkylation sites (tertiary alicyclic amines) is 1. The van der Waals surface area contributed by atoms with E-state index in [-0.39, 0.29) is 46.7 Å². The first-order valence-corrected chi connectivity index (χ1v) is 11.6. The van der Waals surface area contributed by atoms with Crippen molar-refractivity contribution in [2.24, 2.45) is 11.8 Å². The van der Waals surface area contributed by atoms with Crippen molar-refractivity contribution in [1.82, 2.24) is 15.1 Å². The number of carboxylic acids is 1. The summed E-state index contributed by atoms with van der Waals surface area (Å²) in [4.78, 5) is 40.6. The maximum Gasteiger partial charge on any atom is 0.352 e. The van der Waals surface area contributed by atoms with E-state index in [1.807, 2.05) is 6.92 Å². The Hall–Kier alpha value is -2.82. The molecule has 2 saturated heterocycles. The third-order valence-electron chi connectivity index (χ3n) is 7.23. The summed E-state index contributed by atoms with van der Waals surface area (Å²) in [6.45, 7) is 4.77. The number of halogens is 1. The summed E-state index contributed by atoms with van der Waals surface area (Å²) in [5.74, 6) is -3.82. The molecule has 11 heteroatoms. The molecule has 0 spiro atoms. The van der Waals surface area contributed by atoms with Crippen molar-refractivity contribution in [3.05, 3.63) is 34.0 Å². The Morgan fingerprint density at radius 3 is 2.65 bits per heavy atom. The van der Waals surface area contributed by atoms with Gasteiger partial charge in [0.2, 0.25) is 5.91 Å². The average molecular weight is 494 g/mol. The van der Waals surface area contributed by atoms with E-state index in [9.17, 15) is 34.8 Å². The maximum absolute atomic E-state index is 12.6. The maximum atomic E-state index is 12.6. The summed E-state index contributed by atoms with van der Waals surface area (Å²) < 4.78 is 0. The summed E-state index contributed by atoms with van der Waals surface area (Å²) in [6.07, 6.45) is 0.807. The molecule has 0 saturated carbocycles. The third-order valence-corrected chi connectivity index (χ3v) is 7.61. The quantitative estimate of drug-likeness (QED) is 0.280. The van der Waals surface area contributed by atoms with Gasteiger partial charge in [0.05, 0.1) is 28.6 Å². The highest BCUT2D eigenvalue weighted by atomic mass is 35.5. The van der Waals surface area contributed by atoms with E-state index in [0.29, 0.717) is 18.7 Å². The monoisotopic (exact) mass is 493 g/mol. The lowest BCUT2D eigenvalue weighted by Gasteiger charge is -2.46. The van der Waals surface area contributed by atoms with Gasteiger partial charge in [0.1, 0.15) is 5.70 Å². The molecule has 3 aliphatic heterocycles. The van der Waals surface area contributed by atoms with Gasteiger partial charge < -0.3 is 30.6 Å². The van der Waals surface area contributed by atoms with Gasteiger partial charge in [0.25, 0.3) is 5.91 Å². The van der Waals surface area contributed by atoms with Gasteiger partial charge in [-0.05, 0) is 44.0 Å². The number of fused-ring (bicyclic) bond motifs is 1. The lowest BCUT2D eigenvalue weighted by atomic mass is 9.77. The Bertz CT molecular complexity index is 1070. The molecule has 2 amide bonds. The number of hydrogen-bond donors (Lipinski definition) is 5. The molecule has 34 heavy (non-hydrogen) atoms. The first kappa shape index (κ1) is 24.3. The molecule has 1 aromatic carbocycles. The Labute approximate surface area is 201 Å². The normalized spacial score (nSPS) is 27.5. The second kappa shape index (κ2) is 9.09. The second-order valence-corrected chi connectivity index (χ2v) is 9.58. The SMILES string of the molecule is CC(O)C1C(=O)N2C(C(=O)O)=C(CN3CCCC3CNC(=O)c3ccc(O)c(O)c3Cl)C(C)[C@H]12. The number of aliphatic hydroxyl groups excluding tert-OH is 1. The summed E-state index contributed by atoms with van der Waals surface area (Å²) in [5, 5.41) is 41.7. The highest BCUT2D eigenvalue weighted by Gasteiger charge is 2.59. The zero-order chi connectivity index (χ0) is 24.9. The van der Waals surface area contributed by atoms with Gasteiger partial charge in [0.15, 0.2) is 11.5 Å². The van der Waals surface area contributed by atoms with Crippen LogP contribution in [-0.2, 0) is 9.59 Å². The van der Waals surface area contributed by atoms with Crippen molar-refractivity contribution in [2.75, 3.05) is 19.6 Å². The number of benzene rings is 1. The molecule has 0 aliphatic carbocycles. The Morgan fingerprint density at radius 2 is 2.00 bits per heavy atom. The Balaban J connectivity index is 1.47. The number of rotatable bonds is 7. The average Bonchev–Trinajstić information content (AvgIpc) is 3.31. The number of aliphatic carboxylic acids is 1. The summed E-state index contributed by atoms with van der Waals surface area (Å²) in [5.41, 5.74) is 0.688. The summed E-state index contributed by atoms with van der Waals surface area (Å²) in [7, 11) is 0. The number of phenols is 2. The zero-order valence-corrected chi connectivity index (χ0v) is 19.6. The number of β-lactam (4-membered cyclic amide) rings is 1. The predicted molar refractivity (Wildman–Crippen MR) is 121 cm³/mol. The molecule has 0 bridgehead atoms. The van der Waals surface area contributed by atoms with Crippen molar-refractivity contribution in [3.8, 4) is 11.5 Å². The van der Waals surface area contributed by atoms with E-state index in [4.69, 9.17) is 11.6 Å². The molecule has 3 aliphatic rings. The molecule has 4 rings (SSSR count). The lowest BCUT2D eigenvalue weighted by molar-refractivity contribution is -0.163. The number of aromatic hydroxyl groups is 2. The van der Waals surface area contributed by atoms with E-state index in [2.05, 4.69) is 10.2 Å². The van der Waals surface area contributed by atoms with Crippen molar-refractivity contribution < 1.29 is 34.8 Å². The fourth-order valence-corrected chi connectivity index (χ4v) is 5.69. The highest BCUT2D eigenvalue weighted by Crippen LogP contribution is 2.47. The number of nitrogens with one attached hydrogen (secondary N) is 1. The molecule has 2 fully saturated rings. The van der Waals surface area contributed by atoms with Crippen LogP contribution >= 0.6 is 11.6 Å². The van der Waals surface area contributed by atoms with Crippen LogP contribution in [0.4, 0.5) is 0 Å². The zero-order valence-electron chi connectivity index (χ0n) is 18.9. The molecule has 1 aromatic rings. The fourth-order valence-electron chi connectivity index (χ4n) is 5.44. The van der Waals surface area contributed by atoms with E-state index in [1.54, 1.807) is 6.92 Å². The second-order valence-electron chi connectivity index (χ2n) is 9.20. The lowest BCUT2D eigenvalue weighted by Crippen LogP contribution is -2.63. The molecule has 4 unspecified atom stereocenters. The largest absolute Gasteiger partial charge is 0.504 e. The van der Waals surface area contributed by atoms with Crippen LogP contribution in [0.25, 0.3) is 0 Å². The topological polar surface area (TPSA) is 151 Å². The molecular weight excluding hydrogens is 466 g/mol. The van der Waals surface area contributed by atoms with Gasteiger partial charge >= 0.3 is 5.97 Å². The van der Waals surface area contributed by atoms with Crippen LogP contribution in [-0.4, -0.2) is 85.8 Å². The van der Waals surface area contributed by atoms with Crippen LogP contribution in [0.5, 0.6) is 11.5 Å². The van der Waals surface area contributed by atoms with Crippen LogP contribution in [0.1, 0.15) is 37.0 Å². The van der Waals surface area contributed by atoms with E-state index in [0.717, 1.165) is 12.8 Å². The van der Waals surface area contributed by atoms with Gasteiger partial charge in [-0.2, -0.15) is 0 Å². The molecular formula is C23H28ClN3O7. The molecule has 0 aromatic heterocycles. The third kappa shape index (κ3) is 3.89. The van der Waals surface area contributed by atoms with Crippen molar-refractivity contribution in [2.45, 2.75) is 44.9 Å². The number of amides is 2. The van der Waals surface area contributed by atoms with Gasteiger partial charge in [-0.25, -0.2) is 4.79 Å². The van der Waals surface area contributed by atoms with Gasteiger partial charge in [-0.15, -0.1) is 0 Å². The molecule has 0 radical (unpaired) electrons. The molecule has 184 valence electrons. The minimum Gasteiger partial charge on any atom is -0.504 e. The Morgan fingerprint density at radius 1 is 1.29 bits per heavy atom. The highest BCUT2D eigenvalue weighted by molar-refractivity contribution is 6.35. The first-order valence-electron chi connectivity index (χ1n) is 11.2. The number of carbonyl (C=O) groups is 3.